The molecule has 1 aromatic heterocycles. The Kier molecular flexibility index (Phi) is 6.10. The van der Waals surface area contributed by atoms with Crippen molar-refractivity contribution in [2.45, 2.75) is 24.1 Å². The monoisotopic (exact) mass is 309 g/mol. The molecule has 0 unspecified atom stereocenters. The Hall–Kier alpha value is -0.600. The van der Waals surface area contributed by atoms with Gasteiger partial charge in [-0.05, 0) is 6.42 Å². The van der Waals surface area contributed by atoms with Crippen molar-refractivity contribution in [2.24, 2.45) is 0 Å². The molecule has 18 heavy (non-hydrogen) atoms. The number of aliphatic carboxylic acids is 1. The second-order valence-electron chi connectivity index (χ2n) is 3.61. The molecule has 0 aromatic carbocycles. The molecule has 0 aliphatic rings. The van der Waals surface area contributed by atoms with Crippen molar-refractivity contribution >= 4 is 38.9 Å². The number of carboxylic acid groups (broad SMARTS) is 1. The van der Waals surface area contributed by atoms with E-state index in [0.717, 1.165) is 4.34 Å². The first kappa shape index (κ1) is 15.5. The highest BCUT2D eigenvalue weighted by molar-refractivity contribution is 8.01. The highest BCUT2D eigenvalue weighted by Gasteiger charge is 2.09. The summed E-state index contributed by atoms with van der Waals surface area (Å²) in [5, 5.41) is 10.3. The fourth-order valence-corrected chi connectivity index (χ4v) is 4.08. The van der Waals surface area contributed by atoms with Crippen LogP contribution in [-0.4, -0.2) is 41.7 Å². The van der Waals surface area contributed by atoms with Gasteiger partial charge in [-0.2, -0.15) is 0 Å². The van der Waals surface area contributed by atoms with Crippen molar-refractivity contribution in [3.05, 3.63) is 11.1 Å². The van der Waals surface area contributed by atoms with E-state index in [4.69, 9.17) is 5.11 Å². The molecule has 0 saturated carbocycles. The summed E-state index contributed by atoms with van der Waals surface area (Å²) < 4.78 is 23.3. The van der Waals surface area contributed by atoms with Crippen LogP contribution in [0.15, 0.2) is 9.72 Å². The summed E-state index contributed by atoms with van der Waals surface area (Å²) in [6.45, 7) is 1.64. The molecule has 1 aromatic rings. The average molecular weight is 309 g/mol. The molecule has 0 bridgehead atoms. The molecular weight excluding hydrogens is 294 g/mol. The highest BCUT2D eigenvalue weighted by Crippen LogP contribution is 2.23. The van der Waals surface area contributed by atoms with Crippen molar-refractivity contribution in [1.29, 1.82) is 0 Å². The predicted octanol–water partition coefficient (Wildman–Crippen LogP) is 1.69. The van der Waals surface area contributed by atoms with Gasteiger partial charge in [-0.15, -0.1) is 11.3 Å². The van der Waals surface area contributed by atoms with Crippen LogP contribution in [0.2, 0.25) is 0 Å². The molecule has 1 rings (SSSR count). The van der Waals surface area contributed by atoms with Crippen LogP contribution in [0.25, 0.3) is 0 Å². The summed E-state index contributed by atoms with van der Waals surface area (Å²) >= 11 is 2.86. The number of carbonyl (C=O) groups is 1. The van der Waals surface area contributed by atoms with Crippen molar-refractivity contribution < 1.29 is 18.3 Å². The molecule has 5 nitrogen and oxygen atoms in total. The van der Waals surface area contributed by atoms with E-state index in [1.807, 2.05) is 0 Å². The fourth-order valence-electron chi connectivity index (χ4n) is 1.17. The van der Waals surface area contributed by atoms with Crippen molar-refractivity contribution in [3.8, 4) is 0 Å². The summed E-state index contributed by atoms with van der Waals surface area (Å²) in [4.78, 5) is 14.6. The lowest BCUT2D eigenvalue weighted by Gasteiger charge is -1.99. The van der Waals surface area contributed by atoms with E-state index in [2.05, 4.69) is 4.98 Å². The van der Waals surface area contributed by atoms with Crippen LogP contribution in [-0.2, 0) is 21.1 Å². The molecule has 0 fully saturated rings. The van der Waals surface area contributed by atoms with Crippen molar-refractivity contribution in [1.82, 2.24) is 4.98 Å². The molecule has 0 saturated heterocycles. The Morgan fingerprint density at radius 1 is 1.56 bits per heavy atom. The first-order valence-corrected chi connectivity index (χ1v) is 9.11. The number of carboxylic acids is 1. The van der Waals surface area contributed by atoms with E-state index >= 15 is 0 Å². The van der Waals surface area contributed by atoms with Crippen LogP contribution in [0.1, 0.15) is 19.0 Å². The van der Waals surface area contributed by atoms with Crippen molar-refractivity contribution in [3.63, 3.8) is 0 Å². The van der Waals surface area contributed by atoms with Gasteiger partial charge in [0.2, 0.25) is 0 Å². The van der Waals surface area contributed by atoms with E-state index in [1.54, 1.807) is 12.3 Å². The summed E-state index contributed by atoms with van der Waals surface area (Å²) in [6, 6.07) is 0. The second kappa shape index (κ2) is 7.10. The molecule has 8 heteroatoms. The van der Waals surface area contributed by atoms with Gasteiger partial charge in [0.25, 0.3) is 0 Å². The minimum atomic E-state index is -2.89. The van der Waals surface area contributed by atoms with E-state index in [9.17, 15) is 13.2 Å². The number of thioether (sulfide) groups is 1. The molecule has 0 spiro atoms. The van der Waals surface area contributed by atoms with Crippen LogP contribution in [0.4, 0.5) is 0 Å². The predicted molar refractivity (Wildman–Crippen MR) is 73.1 cm³/mol. The molecule has 102 valence electrons. The summed E-state index contributed by atoms with van der Waals surface area (Å²) in [5.41, 5.74) is 0.552. The summed E-state index contributed by atoms with van der Waals surface area (Å²) in [6.07, 6.45) is 0.524. The van der Waals surface area contributed by atoms with Crippen molar-refractivity contribution in [2.75, 3.05) is 17.3 Å². The summed E-state index contributed by atoms with van der Waals surface area (Å²) in [5.74, 6) is 0.159. The number of hydrogen-bond donors (Lipinski definition) is 1. The van der Waals surface area contributed by atoms with Gasteiger partial charge in [0.1, 0.15) is 14.2 Å². The third-order valence-electron chi connectivity index (χ3n) is 2.13. The SMILES string of the molecule is CCS(=O)(=O)CCCSc1nc(CC(=O)O)cs1. The molecular formula is C10H15NO4S3. The minimum Gasteiger partial charge on any atom is -0.481 e. The summed E-state index contributed by atoms with van der Waals surface area (Å²) in [7, 11) is -2.89. The second-order valence-corrected chi connectivity index (χ2v) is 8.29. The van der Waals surface area contributed by atoms with Gasteiger partial charge < -0.3 is 5.11 Å². The third kappa shape index (κ3) is 5.83. The van der Waals surface area contributed by atoms with Crippen LogP contribution in [0, 0.1) is 0 Å². The lowest BCUT2D eigenvalue weighted by molar-refractivity contribution is -0.136. The molecule has 0 aliphatic heterocycles. The Bertz CT molecular complexity index is 495. The minimum absolute atomic E-state index is 0.0682. The molecule has 0 atom stereocenters. The lowest BCUT2D eigenvalue weighted by atomic mass is 10.3. The van der Waals surface area contributed by atoms with Crippen LogP contribution < -0.4 is 0 Å². The number of thiazole rings is 1. The quantitative estimate of drug-likeness (QED) is 0.581. The maximum absolute atomic E-state index is 11.2. The van der Waals surface area contributed by atoms with Gasteiger partial charge in [0.05, 0.1) is 17.9 Å². The van der Waals surface area contributed by atoms with E-state index in [0.29, 0.717) is 17.9 Å². The van der Waals surface area contributed by atoms with Gasteiger partial charge in [-0.3, -0.25) is 4.79 Å². The standard InChI is InChI=1S/C10H15NO4S3/c1-2-18(14,15)5-3-4-16-10-11-8(7-17-10)6-9(12)13/h7H,2-6H2,1H3,(H,12,13). The Morgan fingerprint density at radius 3 is 2.89 bits per heavy atom. The zero-order chi connectivity index (χ0) is 13.6. The molecule has 1 heterocycles. The smallest absolute Gasteiger partial charge is 0.309 e. The maximum atomic E-state index is 11.2. The van der Waals surface area contributed by atoms with E-state index < -0.39 is 15.8 Å². The number of hydrogen-bond acceptors (Lipinski definition) is 6. The van der Waals surface area contributed by atoms with Gasteiger partial charge in [-0.25, -0.2) is 13.4 Å². The maximum Gasteiger partial charge on any atom is 0.309 e. The van der Waals surface area contributed by atoms with Gasteiger partial charge in [0, 0.05) is 16.9 Å². The van der Waals surface area contributed by atoms with Gasteiger partial charge >= 0.3 is 5.97 Å². The number of sulfone groups is 1. The van der Waals surface area contributed by atoms with Crippen LogP contribution in [0.3, 0.4) is 0 Å². The highest BCUT2D eigenvalue weighted by atomic mass is 32.2. The van der Waals surface area contributed by atoms with E-state index in [-0.39, 0.29) is 17.9 Å². The zero-order valence-electron chi connectivity index (χ0n) is 9.96. The van der Waals surface area contributed by atoms with Gasteiger partial charge in [0.15, 0.2) is 0 Å². The largest absolute Gasteiger partial charge is 0.481 e. The van der Waals surface area contributed by atoms with Crippen LogP contribution in [0.5, 0.6) is 0 Å². The van der Waals surface area contributed by atoms with E-state index in [1.165, 1.54) is 23.1 Å². The van der Waals surface area contributed by atoms with Gasteiger partial charge in [-0.1, -0.05) is 18.7 Å². The normalized spacial score (nSPS) is 11.6. The average Bonchev–Trinajstić information content (AvgIpc) is 2.71. The van der Waals surface area contributed by atoms with Crippen LogP contribution >= 0.6 is 23.1 Å². The number of nitrogens with zero attached hydrogens (tertiary/aromatic N) is 1. The topological polar surface area (TPSA) is 84.3 Å². The Balaban J connectivity index is 2.32. The molecule has 0 aliphatic carbocycles. The Morgan fingerprint density at radius 2 is 2.28 bits per heavy atom. The Labute approximate surface area is 115 Å². The number of aromatic nitrogens is 1. The first-order chi connectivity index (χ1) is 8.43. The third-order valence-corrected chi connectivity index (χ3v) is 6.07. The molecule has 0 amide bonds. The zero-order valence-corrected chi connectivity index (χ0v) is 12.4. The lowest BCUT2D eigenvalue weighted by Crippen LogP contribution is -2.09. The first-order valence-electron chi connectivity index (χ1n) is 5.42. The number of rotatable bonds is 8. The molecule has 0 radical (unpaired) electrons. The fraction of sp³-hybridized carbons (Fsp3) is 0.600. The molecule has 1 N–H and O–H groups in total.